The van der Waals surface area contributed by atoms with Gasteiger partial charge < -0.3 is 10.5 Å². The topological polar surface area (TPSA) is 72.6 Å². The van der Waals surface area contributed by atoms with Gasteiger partial charge in [0.1, 0.15) is 0 Å². The molecule has 0 bridgehead atoms. The molecule has 1 heterocycles. The average molecular weight is 250 g/mol. The Morgan fingerprint density at radius 3 is 2.38 bits per heavy atom. The highest BCUT2D eigenvalue weighted by atomic mass is 32.2. The zero-order chi connectivity index (χ0) is 12.2. The number of hydrogen-bond acceptors (Lipinski definition) is 4. The van der Waals surface area contributed by atoms with Gasteiger partial charge in [-0.15, -0.1) is 0 Å². The van der Waals surface area contributed by atoms with Gasteiger partial charge in [0.25, 0.3) is 0 Å². The molecule has 96 valence electrons. The maximum atomic E-state index is 12.0. The molecule has 0 radical (unpaired) electrons. The number of likely N-dealkylation sites (N-methyl/N-ethyl adjacent to an activating group) is 1. The third-order valence-electron chi connectivity index (χ3n) is 3.35. The monoisotopic (exact) mass is 250 g/mol. The van der Waals surface area contributed by atoms with Crippen molar-refractivity contribution in [2.24, 2.45) is 5.73 Å². The number of rotatable bonds is 5. The maximum absolute atomic E-state index is 12.0. The largest absolute Gasteiger partial charge is 0.381 e. The first-order valence-electron chi connectivity index (χ1n) is 5.73. The van der Waals surface area contributed by atoms with Crippen LogP contribution in [0.5, 0.6) is 0 Å². The van der Waals surface area contributed by atoms with Crippen molar-refractivity contribution >= 4 is 10.0 Å². The summed E-state index contributed by atoms with van der Waals surface area (Å²) in [6.07, 6.45) is 2.00. The Balaban J connectivity index is 2.87. The molecular weight excluding hydrogens is 228 g/mol. The second kappa shape index (κ2) is 5.44. The fourth-order valence-electron chi connectivity index (χ4n) is 2.09. The Morgan fingerprint density at radius 2 is 1.94 bits per heavy atom. The molecule has 6 heteroatoms. The quantitative estimate of drug-likeness (QED) is 0.754. The van der Waals surface area contributed by atoms with Crippen LogP contribution in [0, 0.1) is 0 Å². The molecule has 0 aromatic carbocycles. The molecule has 0 atom stereocenters. The SMILES string of the molecule is CCCS(=O)(=O)N(C)C1(CN)CCOCC1. The van der Waals surface area contributed by atoms with Crippen LogP contribution in [0.1, 0.15) is 26.2 Å². The fraction of sp³-hybridized carbons (Fsp3) is 1.00. The summed E-state index contributed by atoms with van der Waals surface area (Å²) < 4.78 is 30.8. The van der Waals surface area contributed by atoms with E-state index < -0.39 is 15.6 Å². The first-order chi connectivity index (χ1) is 7.48. The molecule has 1 aliphatic heterocycles. The van der Waals surface area contributed by atoms with Gasteiger partial charge in [-0.25, -0.2) is 8.42 Å². The van der Waals surface area contributed by atoms with Gasteiger partial charge in [0.05, 0.1) is 11.3 Å². The molecule has 1 fully saturated rings. The van der Waals surface area contributed by atoms with Gasteiger partial charge in [0, 0.05) is 26.8 Å². The second-order valence-electron chi connectivity index (χ2n) is 4.32. The molecule has 1 rings (SSSR count). The van der Waals surface area contributed by atoms with E-state index in [1.807, 2.05) is 6.92 Å². The second-order valence-corrected chi connectivity index (χ2v) is 6.44. The molecule has 0 unspecified atom stereocenters. The Kier molecular flexibility index (Phi) is 4.73. The Labute approximate surface area is 98.0 Å². The third-order valence-corrected chi connectivity index (χ3v) is 5.50. The van der Waals surface area contributed by atoms with Crippen molar-refractivity contribution in [1.29, 1.82) is 0 Å². The van der Waals surface area contributed by atoms with E-state index >= 15 is 0 Å². The third kappa shape index (κ3) is 2.74. The smallest absolute Gasteiger partial charge is 0.214 e. The van der Waals surface area contributed by atoms with Crippen LogP contribution in [0.15, 0.2) is 0 Å². The molecule has 0 saturated carbocycles. The molecule has 1 aliphatic rings. The highest BCUT2D eigenvalue weighted by molar-refractivity contribution is 7.89. The molecule has 0 spiro atoms. The summed E-state index contributed by atoms with van der Waals surface area (Å²) in [4.78, 5) is 0. The Morgan fingerprint density at radius 1 is 1.38 bits per heavy atom. The highest BCUT2D eigenvalue weighted by Crippen LogP contribution is 2.28. The summed E-state index contributed by atoms with van der Waals surface area (Å²) in [6.45, 7) is 3.40. The first-order valence-corrected chi connectivity index (χ1v) is 7.34. The van der Waals surface area contributed by atoms with E-state index in [-0.39, 0.29) is 5.75 Å². The van der Waals surface area contributed by atoms with Crippen molar-refractivity contribution in [2.75, 3.05) is 32.6 Å². The lowest BCUT2D eigenvalue weighted by molar-refractivity contribution is 0.0166. The van der Waals surface area contributed by atoms with Crippen LogP contribution in [0.2, 0.25) is 0 Å². The summed E-state index contributed by atoms with van der Waals surface area (Å²) in [7, 11) is -1.54. The minimum atomic E-state index is -3.18. The lowest BCUT2D eigenvalue weighted by Crippen LogP contribution is -2.57. The molecular formula is C10H22N2O3S. The van der Waals surface area contributed by atoms with E-state index in [4.69, 9.17) is 10.5 Å². The van der Waals surface area contributed by atoms with Crippen LogP contribution in [0.25, 0.3) is 0 Å². The summed E-state index contributed by atoms with van der Waals surface area (Å²) in [5.41, 5.74) is 5.33. The molecule has 16 heavy (non-hydrogen) atoms. The van der Waals surface area contributed by atoms with Crippen molar-refractivity contribution in [3.8, 4) is 0 Å². The minimum Gasteiger partial charge on any atom is -0.381 e. The maximum Gasteiger partial charge on any atom is 0.214 e. The first kappa shape index (κ1) is 13.9. The molecule has 1 saturated heterocycles. The average Bonchev–Trinajstić information content (AvgIpc) is 2.29. The Hall–Kier alpha value is -0.170. The van der Waals surface area contributed by atoms with E-state index in [9.17, 15) is 8.42 Å². The summed E-state index contributed by atoms with van der Waals surface area (Å²) in [5.74, 6) is 0.187. The number of ether oxygens (including phenoxy) is 1. The van der Waals surface area contributed by atoms with E-state index in [1.165, 1.54) is 4.31 Å². The number of nitrogens with two attached hydrogens (primary N) is 1. The van der Waals surface area contributed by atoms with Crippen LogP contribution >= 0.6 is 0 Å². The predicted molar refractivity (Wildman–Crippen MR) is 63.7 cm³/mol. The molecule has 0 aromatic heterocycles. The molecule has 0 amide bonds. The van der Waals surface area contributed by atoms with Crippen LogP contribution in [0.4, 0.5) is 0 Å². The summed E-state index contributed by atoms with van der Waals surface area (Å²) in [5, 5.41) is 0. The van der Waals surface area contributed by atoms with E-state index in [0.717, 1.165) is 0 Å². The molecule has 0 aliphatic carbocycles. The van der Waals surface area contributed by atoms with Crippen LogP contribution < -0.4 is 5.73 Å². The van der Waals surface area contributed by atoms with Crippen molar-refractivity contribution in [2.45, 2.75) is 31.7 Å². The summed E-state index contributed by atoms with van der Waals surface area (Å²) >= 11 is 0. The summed E-state index contributed by atoms with van der Waals surface area (Å²) in [6, 6.07) is 0. The normalized spacial score (nSPS) is 21.2. The van der Waals surface area contributed by atoms with Crippen molar-refractivity contribution in [3.63, 3.8) is 0 Å². The van der Waals surface area contributed by atoms with Gasteiger partial charge in [-0.3, -0.25) is 0 Å². The van der Waals surface area contributed by atoms with Crippen LogP contribution in [-0.2, 0) is 14.8 Å². The van der Waals surface area contributed by atoms with E-state index in [1.54, 1.807) is 7.05 Å². The highest BCUT2D eigenvalue weighted by Gasteiger charge is 2.40. The molecule has 5 nitrogen and oxygen atoms in total. The van der Waals surface area contributed by atoms with Gasteiger partial charge in [-0.2, -0.15) is 4.31 Å². The van der Waals surface area contributed by atoms with Crippen LogP contribution in [0.3, 0.4) is 0 Å². The zero-order valence-corrected chi connectivity index (χ0v) is 10.9. The van der Waals surface area contributed by atoms with Gasteiger partial charge >= 0.3 is 0 Å². The van der Waals surface area contributed by atoms with Crippen molar-refractivity contribution < 1.29 is 13.2 Å². The lowest BCUT2D eigenvalue weighted by Gasteiger charge is -2.42. The predicted octanol–water partition coefficient (Wildman–Crippen LogP) is 0.166. The van der Waals surface area contributed by atoms with Gasteiger partial charge in [-0.1, -0.05) is 6.92 Å². The fourth-order valence-corrected chi connectivity index (χ4v) is 3.73. The molecule has 2 N–H and O–H groups in total. The number of hydrogen-bond donors (Lipinski definition) is 1. The zero-order valence-electron chi connectivity index (χ0n) is 10.1. The van der Waals surface area contributed by atoms with Gasteiger partial charge in [0.2, 0.25) is 10.0 Å². The van der Waals surface area contributed by atoms with E-state index in [2.05, 4.69) is 0 Å². The standard InChI is InChI=1S/C10H22N2O3S/c1-3-8-16(13,14)12(2)10(9-11)4-6-15-7-5-10/h3-9,11H2,1-2H3. The van der Waals surface area contributed by atoms with E-state index in [0.29, 0.717) is 39.0 Å². The van der Waals surface area contributed by atoms with Crippen LogP contribution in [-0.4, -0.2) is 50.8 Å². The van der Waals surface area contributed by atoms with Crippen molar-refractivity contribution in [3.05, 3.63) is 0 Å². The lowest BCUT2D eigenvalue weighted by atomic mass is 9.90. The van der Waals surface area contributed by atoms with Gasteiger partial charge in [-0.05, 0) is 19.3 Å². The number of nitrogens with zero attached hydrogens (tertiary/aromatic N) is 1. The van der Waals surface area contributed by atoms with Crippen molar-refractivity contribution in [1.82, 2.24) is 4.31 Å². The number of sulfonamides is 1. The minimum absolute atomic E-state index is 0.187. The molecule has 0 aromatic rings. The van der Waals surface area contributed by atoms with Gasteiger partial charge in [0.15, 0.2) is 0 Å². The Bertz CT molecular complexity index is 310.